The molecule has 2 aromatic rings. The van der Waals surface area contributed by atoms with E-state index in [2.05, 4.69) is 0 Å². The molecule has 0 aliphatic heterocycles. The lowest BCUT2D eigenvalue weighted by Crippen LogP contribution is -2.28. The smallest absolute Gasteiger partial charge is 0.455 e. The Labute approximate surface area is 107 Å². The van der Waals surface area contributed by atoms with E-state index in [4.69, 9.17) is 4.42 Å². The summed E-state index contributed by atoms with van der Waals surface area (Å²) in [6, 6.07) is 2.85. The molecule has 2 rings (SSSR count). The number of alkyl halides is 3. The summed E-state index contributed by atoms with van der Waals surface area (Å²) in [5.74, 6) is -2.36. The molecule has 0 amide bonds. The number of carbonyl (C=O) groups is 1. The van der Waals surface area contributed by atoms with Crippen molar-refractivity contribution in [1.29, 1.82) is 0 Å². The Kier molecular flexibility index (Phi) is 3.04. The Hall–Kier alpha value is -2.71. The molecule has 0 aliphatic carbocycles. The molecular weight excluding hydrogens is 283 g/mol. The van der Waals surface area contributed by atoms with Crippen LogP contribution < -0.4 is 5.43 Å². The van der Waals surface area contributed by atoms with Gasteiger partial charge in [-0.1, -0.05) is 0 Å². The molecule has 0 unspecified atom stereocenters. The van der Waals surface area contributed by atoms with Crippen LogP contribution in [-0.2, 0) is 0 Å². The maximum atomic E-state index is 12.3. The molecule has 0 saturated carbocycles. The zero-order valence-corrected chi connectivity index (χ0v) is 9.43. The van der Waals surface area contributed by atoms with Gasteiger partial charge in [-0.05, 0) is 6.07 Å². The highest BCUT2D eigenvalue weighted by Gasteiger charge is 2.41. The lowest BCUT2D eigenvalue weighted by atomic mass is 10.1. The first-order valence-corrected chi connectivity index (χ1v) is 5.03. The zero-order valence-electron chi connectivity index (χ0n) is 9.43. The van der Waals surface area contributed by atoms with Gasteiger partial charge in [0.05, 0.1) is 10.3 Å². The lowest BCUT2D eigenvalue weighted by Gasteiger charge is -2.04. The van der Waals surface area contributed by atoms with Crippen molar-refractivity contribution in [1.82, 2.24) is 0 Å². The van der Waals surface area contributed by atoms with Gasteiger partial charge < -0.3 is 4.42 Å². The molecule has 0 saturated heterocycles. The molecule has 0 N–H and O–H groups in total. The minimum absolute atomic E-state index is 0.153. The van der Waals surface area contributed by atoms with Gasteiger partial charge in [0, 0.05) is 12.1 Å². The van der Waals surface area contributed by atoms with E-state index >= 15 is 0 Å². The monoisotopic (exact) mass is 287 g/mol. The highest BCUT2D eigenvalue weighted by atomic mass is 19.4. The van der Waals surface area contributed by atoms with E-state index in [0.29, 0.717) is 6.26 Å². The van der Waals surface area contributed by atoms with Crippen LogP contribution in [0.2, 0.25) is 0 Å². The molecule has 6 nitrogen and oxygen atoms in total. The second-order valence-corrected chi connectivity index (χ2v) is 3.74. The van der Waals surface area contributed by atoms with Crippen molar-refractivity contribution in [3.05, 3.63) is 50.4 Å². The van der Waals surface area contributed by atoms with Crippen molar-refractivity contribution in [2.45, 2.75) is 6.18 Å². The third kappa shape index (κ3) is 2.25. The van der Waals surface area contributed by atoms with E-state index in [1.54, 1.807) is 0 Å². The van der Waals surface area contributed by atoms with Gasteiger partial charge in [0.1, 0.15) is 17.4 Å². The van der Waals surface area contributed by atoms with Crippen LogP contribution in [0.3, 0.4) is 0 Å². The fraction of sp³-hybridized carbons (Fsp3) is 0.0909. The van der Waals surface area contributed by atoms with Crippen LogP contribution in [0.4, 0.5) is 18.9 Å². The number of nitro groups is 1. The van der Waals surface area contributed by atoms with Gasteiger partial charge in [0.25, 0.3) is 11.5 Å². The molecule has 9 heteroatoms. The van der Waals surface area contributed by atoms with E-state index in [1.807, 2.05) is 0 Å². The molecule has 1 heterocycles. The molecule has 1 aromatic carbocycles. The first-order valence-electron chi connectivity index (χ1n) is 5.03. The normalized spacial score (nSPS) is 11.6. The fourth-order valence-electron chi connectivity index (χ4n) is 1.54. The number of hydrogen-bond donors (Lipinski definition) is 0. The Morgan fingerprint density at radius 3 is 2.50 bits per heavy atom. The Morgan fingerprint density at radius 1 is 1.30 bits per heavy atom. The largest absolute Gasteiger partial charge is 0.463 e. The first kappa shape index (κ1) is 13.7. The molecule has 1 aromatic heterocycles. The molecule has 0 aliphatic rings. The van der Waals surface area contributed by atoms with E-state index in [0.717, 1.165) is 18.2 Å². The number of carbonyl (C=O) groups excluding carboxylic acids is 1. The number of hydrogen-bond acceptors (Lipinski definition) is 5. The summed E-state index contributed by atoms with van der Waals surface area (Å²) in [5.41, 5.74) is -3.14. The SMILES string of the molecule is O=C(c1coc2ccc([N+](=O)[O-])cc2c1=O)C(F)(F)F. The van der Waals surface area contributed by atoms with Crippen molar-refractivity contribution in [3.8, 4) is 0 Å². The average Bonchev–Trinajstić information content (AvgIpc) is 2.37. The number of non-ortho nitro benzene ring substituents is 1. The van der Waals surface area contributed by atoms with Gasteiger partial charge in [0.2, 0.25) is 5.43 Å². The van der Waals surface area contributed by atoms with Crippen LogP contribution in [-0.4, -0.2) is 16.9 Å². The summed E-state index contributed by atoms with van der Waals surface area (Å²) in [5, 5.41) is 10.1. The number of fused-ring (bicyclic) bond motifs is 1. The van der Waals surface area contributed by atoms with Gasteiger partial charge in [0.15, 0.2) is 0 Å². The third-order valence-corrected chi connectivity index (χ3v) is 2.47. The van der Waals surface area contributed by atoms with Gasteiger partial charge in [-0.2, -0.15) is 13.2 Å². The number of halogens is 3. The standard InChI is InChI=1S/C11H4F3NO5/c12-11(13,14)10(17)7-4-20-8-2-1-5(15(18)19)3-6(8)9(7)16/h1-4H. The second-order valence-electron chi connectivity index (χ2n) is 3.74. The molecule has 104 valence electrons. The average molecular weight is 287 g/mol. The number of benzene rings is 1. The quantitative estimate of drug-likeness (QED) is 0.480. The highest BCUT2D eigenvalue weighted by Crippen LogP contribution is 2.23. The van der Waals surface area contributed by atoms with Crippen LogP contribution in [0.5, 0.6) is 0 Å². The second kappa shape index (κ2) is 4.44. The molecule has 0 radical (unpaired) electrons. The van der Waals surface area contributed by atoms with Gasteiger partial charge in [-0.3, -0.25) is 19.7 Å². The first-order chi connectivity index (χ1) is 9.21. The Bertz CT molecular complexity index is 778. The topological polar surface area (TPSA) is 90.4 Å². The van der Waals surface area contributed by atoms with Crippen LogP contribution in [0, 0.1) is 10.1 Å². The minimum Gasteiger partial charge on any atom is -0.463 e. The van der Waals surface area contributed by atoms with E-state index in [1.165, 1.54) is 0 Å². The number of Topliss-reactive ketones (excluding diaryl/α,β-unsaturated/α-hetero) is 1. The van der Waals surface area contributed by atoms with Gasteiger partial charge >= 0.3 is 6.18 Å². The number of nitro benzene ring substituents is 1. The minimum atomic E-state index is -5.23. The van der Waals surface area contributed by atoms with E-state index in [-0.39, 0.29) is 5.58 Å². The van der Waals surface area contributed by atoms with Crippen LogP contribution >= 0.6 is 0 Å². The van der Waals surface area contributed by atoms with Crippen molar-refractivity contribution < 1.29 is 27.3 Å². The molecular formula is C11H4F3NO5. The van der Waals surface area contributed by atoms with Gasteiger partial charge in [-0.25, -0.2) is 0 Å². The zero-order chi connectivity index (χ0) is 15.1. The maximum Gasteiger partial charge on any atom is 0.455 e. The molecule has 0 fully saturated rings. The maximum absolute atomic E-state index is 12.3. The van der Waals surface area contributed by atoms with Gasteiger partial charge in [-0.15, -0.1) is 0 Å². The molecule has 0 spiro atoms. The number of nitrogens with zero attached hydrogens (tertiary/aromatic N) is 1. The van der Waals surface area contributed by atoms with Crippen LogP contribution in [0.25, 0.3) is 11.0 Å². The number of rotatable bonds is 2. The summed E-state index contributed by atoms with van der Waals surface area (Å²) in [7, 11) is 0. The van der Waals surface area contributed by atoms with Crippen molar-refractivity contribution >= 4 is 22.4 Å². The summed E-state index contributed by atoms with van der Waals surface area (Å²) in [6.45, 7) is 0. The molecule has 0 bridgehead atoms. The van der Waals surface area contributed by atoms with Crippen LogP contribution in [0.1, 0.15) is 10.4 Å². The van der Waals surface area contributed by atoms with Crippen molar-refractivity contribution in [2.75, 3.05) is 0 Å². The summed E-state index contributed by atoms with van der Waals surface area (Å²) in [4.78, 5) is 32.6. The number of ketones is 1. The summed E-state index contributed by atoms with van der Waals surface area (Å²) >= 11 is 0. The van der Waals surface area contributed by atoms with Crippen molar-refractivity contribution in [3.63, 3.8) is 0 Å². The predicted octanol–water partition coefficient (Wildman–Crippen LogP) is 2.45. The highest BCUT2D eigenvalue weighted by molar-refractivity contribution is 6.01. The lowest BCUT2D eigenvalue weighted by molar-refractivity contribution is -0.384. The Balaban J connectivity index is 2.72. The predicted molar refractivity (Wildman–Crippen MR) is 59.5 cm³/mol. The van der Waals surface area contributed by atoms with Crippen molar-refractivity contribution in [2.24, 2.45) is 0 Å². The van der Waals surface area contributed by atoms with E-state index in [9.17, 15) is 32.9 Å². The summed E-state index contributed by atoms with van der Waals surface area (Å²) < 4.78 is 41.6. The molecule has 0 atom stereocenters. The molecule has 20 heavy (non-hydrogen) atoms. The van der Waals surface area contributed by atoms with E-state index < -0.39 is 38.9 Å². The fourth-order valence-corrected chi connectivity index (χ4v) is 1.54. The Morgan fingerprint density at radius 2 is 1.95 bits per heavy atom. The van der Waals surface area contributed by atoms with Crippen LogP contribution in [0.15, 0.2) is 33.7 Å². The summed E-state index contributed by atoms with van der Waals surface area (Å²) in [6.07, 6.45) is -4.84. The third-order valence-electron chi connectivity index (χ3n) is 2.47.